The predicted octanol–water partition coefficient (Wildman–Crippen LogP) is 3.63. The number of carbonyl (C=O) groups is 1. The summed E-state index contributed by atoms with van der Waals surface area (Å²) in [6.45, 7) is 4.31. The molecule has 5 heterocycles. The number of carbonyl (C=O) groups excluding carboxylic acids is 1. The molecule has 36 heavy (non-hydrogen) atoms. The Kier molecular flexibility index (Phi) is 5.53. The Morgan fingerprint density at radius 2 is 2.00 bits per heavy atom. The minimum absolute atomic E-state index is 0.0675. The largest absolute Gasteiger partial charge is 0.381 e. The molecule has 6 rings (SSSR count). The average Bonchev–Trinajstić information content (AvgIpc) is 3.51. The Hall–Kier alpha value is -4.03. The van der Waals surface area contributed by atoms with E-state index in [1.165, 1.54) is 5.69 Å². The molecule has 9 heteroatoms. The number of hydrogen-bond acceptors (Lipinski definition) is 6. The molecular formula is C27H27N7O2. The van der Waals surface area contributed by atoms with Crippen molar-refractivity contribution < 1.29 is 9.53 Å². The second-order valence-corrected chi connectivity index (χ2v) is 9.52. The van der Waals surface area contributed by atoms with E-state index in [1.807, 2.05) is 42.5 Å². The van der Waals surface area contributed by atoms with Crippen LogP contribution in [0.2, 0.25) is 0 Å². The van der Waals surface area contributed by atoms with Crippen molar-refractivity contribution in [2.24, 2.45) is 7.05 Å². The number of benzene rings is 1. The van der Waals surface area contributed by atoms with Crippen molar-refractivity contribution in [2.75, 3.05) is 19.8 Å². The summed E-state index contributed by atoms with van der Waals surface area (Å²) in [6, 6.07) is 8.63. The SMILES string of the molecule is CC(=O)N1CCc2c(c(-c3cccc4c(C#N)c(-c5cnn(C)c5)ncc34)nn2C2CCOCC2)C1. The number of rotatable bonds is 3. The van der Waals surface area contributed by atoms with Gasteiger partial charge in [0.05, 0.1) is 29.2 Å². The van der Waals surface area contributed by atoms with Crippen molar-refractivity contribution in [1.82, 2.24) is 29.4 Å². The van der Waals surface area contributed by atoms with Crippen LogP contribution in [0, 0.1) is 11.3 Å². The normalized spacial score (nSPS) is 16.2. The quantitative estimate of drug-likeness (QED) is 0.443. The molecule has 0 bridgehead atoms. The van der Waals surface area contributed by atoms with Gasteiger partial charge in [0.15, 0.2) is 0 Å². The van der Waals surface area contributed by atoms with Gasteiger partial charge in [-0.1, -0.05) is 18.2 Å². The van der Waals surface area contributed by atoms with E-state index in [-0.39, 0.29) is 11.9 Å². The fraction of sp³-hybridized carbons (Fsp3) is 0.370. The van der Waals surface area contributed by atoms with Crippen LogP contribution in [0.25, 0.3) is 33.3 Å². The number of pyridine rings is 1. The van der Waals surface area contributed by atoms with Gasteiger partial charge in [-0.25, -0.2) is 0 Å². The third kappa shape index (κ3) is 3.65. The van der Waals surface area contributed by atoms with Crippen molar-refractivity contribution >= 4 is 16.7 Å². The van der Waals surface area contributed by atoms with Gasteiger partial charge in [-0.2, -0.15) is 15.5 Å². The van der Waals surface area contributed by atoms with E-state index >= 15 is 0 Å². The first kappa shape index (κ1) is 22.4. The van der Waals surface area contributed by atoms with Crippen LogP contribution >= 0.6 is 0 Å². The number of aryl methyl sites for hydroxylation is 1. The van der Waals surface area contributed by atoms with Crippen LogP contribution in [0.5, 0.6) is 0 Å². The van der Waals surface area contributed by atoms with Crippen LogP contribution < -0.4 is 0 Å². The summed E-state index contributed by atoms with van der Waals surface area (Å²) in [4.78, 5) is 18.9. The Bertz CT molecular complexity index is 1520. The van der Waals surface area contributed by atoms with E-state index in [0.717, 1.165) is 65.6 Å². The lowest BCUT2D eigenvalue weighted by Gasteiger charge is -2.29. The zero-order valence-corrected chi connectivity index (χ0v) is 20.4. The second-order valence-electron chi connectivity index (χ2n) is 9.52. The van der Waals surface area contributed by atoms with Gasteiger partial charge in [0.1, 0.15) is 6.07 Å². The maximum absolute atomic E-state index is 12.3. The first-order valence-electron chi connectivity index (χ1n) is 12.3. The maximum Gasteiger partial charge on any atom is 0.219 e. The number of fused-ring (bicyclic) bond motifs is 2. The fourth-order valence-electron chi connectivity index (χ4n) is 5.49. The number of nitriles is 1. The molecule has 0 radical (unpaired) electrons. The fourth-order valence-corrected chi connectivity index (χ4v) is 5.49. The lowest BCUT2D eigenvalue weighted by Crippen LogP contribution is -2.35. The van der Waals surface area contributed by atoms with Crippen LogP contribution in [0.4, 0.5) is 0 Å². The summed E-state index contributed by atoms with van der Waals surface area (Å²) in [6.07, 6.45) is 8.04. The van der Waals surface area contributed by atoms with Crippen molar-refractivity contribution in [1.29, 1.82) is 5.26 Å². The van der Waals surface area contributed by atoms with Gasteiger partial charge in [0.25, 0.3) is 0 Å². The molecule has 9 nitrogen and oxygen atoms in total. The first-order chi connectivity index (χ1) is 17.5. The highest BCUT2D eigenvalue weighted by atomic mass is 16.5. The molecule has 0 N–H and O–H groups in total. The molecule has 0 spiro atoms. The number of hydrogen-bond donors (Lipinski definition) is 0. The van der Waals surface area contributed by atoms with E-state index in [9.17, 15) is 10.1 Å². The van der Waals surface area contributed by atoms with Crippen molar-refractivity contribution in [3.63, 3.8) is 0 Å². The van der Waals surface area contributed by atoms with Crippen LogP contribution in [0.1, 0.15) is 42.6 Å². The molecule has 2 aliphatic rings. The summed E-state index contributed by atoms with van der Waals surface area (Å²) >= 11 is 0. The monoisotopic (exact) mass is 481 g/mol. The van der Waals surface area contributed by atoms with Gasteiger partial charge in [0, 0.05) is 92.2 Å². The summed E-state index contributed by atoms with van der Waals surface area (Å²) in [5.41, 5.74) is 6.03. The van der Waals surface area contributed by atoms with Gasteiger partial charge in [-0.05, 0) is 12.8 Å². The van der Waals surface area contributed by atoms with Crippen molar-refractivity contribution in [2.45, 2.75) is 38.8 Å². The summed E-state index contributed by atoms with van der Waals surface area (Å²) < 4.78 is 9.49. The zero-order chi connectivity index (χ0) is 24.8. The molecule has 0 saturated carbocycles. The molecule has 1 saturated heterocycles. The molecule has 4 aromatic rings. The number of nitrogens with zero attached hydrogens (tertiary/aromatic N) is 7. The molecule has 2 aliphatic heterocycles. The summed E-state index contributed by atoms with van der Waals surface area (Å²) in [7, 11) is 1.84. The van der Waals surface area contributed by atoms with Crippen LogP contribution in [0.15, 0.2) is 36.8 Å². The Morgan fingerprint density at radius 1 is 1.17 bits per heavy atom. The third-order valence-corrected chi connectivity index (χ3v) is 7.35. The molecule has 1 amide bonds. The smallest absolute Gasteiger partial charge is 0.219 e. The van der Waals surface area contributed by atoms with E-state index in [2.05, 4.69) is 15.8 Å². The summed E-state index contributed by atoms with van der Waals surface area (Å²) in [5.74, 6) is 0.0675. The van der Waals surface area contributed by atoms with Crippen molar-refractivity contribution in [3.8, 4) is 28.6 Å². The molecule has 182 valence electrons. The third-order valence-electron chi connectivity index (χ3n) is 7.35. The van der Waals surface area contributed by atoms with E-state index in [0.29, 0.717) is 24.3 Å². The number of ether oxygens (including phenoxy) is 1. The lowest BCUT2D eigenvalue weighted by atomic mass is 9.94. The molecule has 1 fully saturated rings. The first-order valence-corrected chi connectivity index (χ1v) is 12.3. The topological polar surface area (TPSA) is 102 Å². The van der Waals surface area contributed by atoms with Gasteiger partial charge < -0.3 is 9.64 Å². The molecular weight excluding hydrogens is 454 g/mol. The predicted molar refractivity (Wildman–Crippen MR) is 134 cm³/mol. The molecule has 3 aromatic heterocycles. The standard InChI is InChI=1S/C27H27N7O2/c1-17(35)33-9-6-25-24(16-33)27(31-34(25)19-7-10-36-11-8-19)21-5-3-4-20-22(12-28)26(29-14-23(20)21)18-13-30-32(2)15-18/h3-5,13-15,19H,6-11,16H2,1-2H3. The average molecular weight is 482 g/mol. The zero-order valence-electron chi connectivity index (χ0n) is 20.4. The highest BCUT2D eigenvalue weighted by Crippen LogP contribution is 2.38. The van der Waals surface area contributed by atoms with Crippen molar-refractivity contribution in [3.05, 3.63) is 53.6 Å². The molecule has 0 aliphatic carbocycles. The van der Waals surface area contributed by atoms with Gasteiger partial charge in [0.2, 0.25) is 5.91 Å². The number of amides is 1. The molecule has 1 aromatic carbocycles. The minimum atomic E-state index is 0.0675. The summed E-state index contributed by atoms with van der Waals surface area (Å²) in [5, 5.41) is 21.2. The van der Waals surface area contributed by atoms with E-state index in [1.54, 1.807) is 17.8 Å². The number of aromatic nitrogens is 5. The van der Waals surface area contributed by atoms with E-state index < -0.39 is 0 Å². The molecule has 0 unspecified atom stereocenters. The van der Waals surface area contributed by atoms with Gasteiger partial charge in [-0.3, -0.25) is 19.1 Å². The highest BCUT2D eigenvalue weighted by molar-refractivity contribution is 6.01. The lowest BCUT2D eigenvalue weighted by molar-refractivity contribution is -0.129. The van der Waals surface area contributed by atoms with E-state index in [4.69, 9.17) is 14.8 Å². The van der Waals surface area contributed by atoms with Crippen LogP contribution in [0.3, 0.4) is 0 Å². The Balaban J connectivity index is 1.54. The van der Waals surface area contributed by atoms with Gasteiger partial charge in [-0.15, -0.1) is 0 Å². The Labute approximate surface area is 208 Å². The maximum atomic E-state index is 12.3. The van der Waals surface area contributed by atoms with Crippen LogP contribution in [-0.2, 0) is 29.5 Å². The minimum Gasteiger partial charge on any atom is -0.381 e. The van der Waals surface area contributed by atoms with Crippen LogP contribution in [-0.4, -0.2) is 55.1 Å². The highest BCUT2D eigenvalue weighted by Gasteiger charge is 2.31. The Morgan fingerprint density at radius 3 is 2.72 bits per heavy atom. The molecule has 0 atom stereocenters. The second kappa shape index (κ2) is 8.88. The van der Waals surface area contributed by atoms with Gasteiger partial charge >= 0.3 is 0 Å².